The Balaban J connectivity index is 1.66. The van der Waals surface area contributed by atoms with Crippen LogP contribution in [0.5, 0.6) is 5.75 Å². The summed E-state index contributed by atoms with van der Waals surface area (Å²) in [5, 5.41) is 13.1. The zero-order valence-electron chi connectivity index (χ0n) is 16.3. The van der Waals surface area contributed by atoms with E-state index in [9.17, 15) is 14.7 Å². The zero-order chi connectivity index (χ0) is 20.3. The summed E-state index contributed by atoms with van der Waals surface area (Å²) in [5.74, 6) is -1.54. The first kappa shape index (κ1) is 18.4. The van der Waals surface area contributed by atoms with Gasteiger partial charge in [0.1, 0.15) is 11.3 Å². The van der Waals surface area contributed by atoms with E-state index >= 15 is 4.39 Å². The molecule has 5 rings (SSSR count). The lowest BCUT2D eigenvalue weighted by molar-refractivity contribution is 0.0695. The molecule has 1 unspecified atom stereocenters. The Morgan fingerprint density at radius 3 is 2.62 bits per heavy atom. The van der Waals surface area contributed by atoms with Gasteiger partial charge in [0.25, 0.3) is 0 Å². The lowest BCUT2D eigenvalue weighted by Gasteiger charge is -2.25. The highest BCUT2D eigenvalue weighted by atomic mass is 19.1. The fraction of sp³-hybridized carbons (Fsp3) is 0.524. The predicted octanol–water partition coefficient (Wildman–Crippen LogP) is 2.51. The number of carbonyl (C=O) groups is 1. The van der Waals surface area contributed by atoms with Crippen LogP contribution in [0.15, 0.2) is 17.1 Å². The first-order valence-electron chi connectivity index (χ1n) is 10.2. The Morgan fingerprint density at radius 1 is 1.24 bits per heavy atom. The quantitative estimate of drug-likeness (QED) is 0.774. The second-order valence-electron chi connectivity index (χ2n) is 8.32. The number of nitrogens with one attached hydrogen (secondary N) is 1. The van der Waals surface area contributed by atoms with Gasteiger partial charge in [-0.1, -0.05) is 0 Å². The van der Waals surface area contributed by atoms with E-state index in [1.165, 1.54) is 32.2 Å². The Bertz CT molecular complexity index is 1060. The van der Waals surface area contributed by atoms with Crippen LogP contribution < -0.4 is 20.4 Å². The lowest BCUT2D eigenvalue weighted by Crippen LogP contribution is -2.34. The summed E-state index contributed by atoms with van der Waals surface area (Å²) in [7, 11) is 1.47. The van der Waals surface area contributed by atoms with Gasteiger partial charge in [0.05, 0.1) is 18.0 Å². The van der Waals surface area contributed by atoms with Crippen molar-refractivity contribution in [3.63, 3.8) is 0 Å². The number of nitrogens with zero attached hydrogens (tertiary/aromatic N) is 2. The van der Waals surface area contributed by atoms with Gasteiger partial charge in [-0.2, -0.15) is 0 Å². The summed E-state index contributed by atoms with van der Waals surface area (Å²) in [6.07, 6.45) is 6.49. The molecule has 7 nitrogen and oxygen atoms in total. The highest BCUT2D eigenvalue weighted by molar-refractivity contribution is 5.97. The van der Waals surface area contributed by atoms with Gasteiger partial charge in [-0.3, -0.25) is 4.79 Å². The lowest BCUT2D eigenvalue weighted by atomic mass is 10.1. The number of aromatic carboxylic acids is 1. The van der Waals surface area contributed by atoms with Gasteiger partial charge in [-0.05, 0) is 38.2 Å². The van der Waals surface area contributed by atoms with Crippen LogP contribution in [0, 0.1) is 5.82 Å². The fourth-order valence-electron chi connectivity index (χ4n) is 4.41. The Morgan fingerprint density at radius 2 is 2.00 bits per heavy atom. The summed E-state index contributed by atoms with van der Waals surface area (Å²) in [6.45, 7) is 1.38. The number of hydrogen-bond acceptors (Lipinski definition) is 5. The summed E-state index contributed by atoms with van der Waals surface area (Å²) >= 11 is 0. The van der Waals surface area contributed by atoms with E-state index in [4.69, 9.17) is 4.74 Å². The van der Waals surface area contributed by atoms with Crippen LogP contribution in [0.2, 0.25) is 0 Å². The van der Waals surface area contributed by atoms with Gasteiger partial charge in [-0.15, -0.1) is 0 Å². The molecule has 3 fully saturated rings. The largest absolute Gasteiger partial charge is 0.492 e. The molecule has 1 aliphatic heterocycles. The van der Waals surface area contributed by atoms with E-state index in [1.54, 1.807) is 4.57 Å². The topological polar surface area (TPSA) is 83.8 Å². The third-order valence-electron chi connectivity index (χ3n) is 6.13. The SMILES string of the molecule is COc1c(N2CCC(NC3CC3)C2)c(F)cc2c(=O)c(C(=O)O)cn(C3CC3)c12. The maximum absolute atomic E-state index is 15.2. The molecule has 1 aromatic heterocycles. The molecule has 3 aliphatic rings. The number of carboxylic acid groups (broad SMARTS) is 1. The molecule has 2 N–H and O–H groups in total. The van der Waals surface area contributed by atoms with Gasteiger partial charge >= 0.3 is 5.97 Å². The zero-order valence-corrected chi connectivity index (χ0v) is 16.3. The maximum Gasteiger partial charge on any atom is 0.341 e. The molecule has 0 spiro atoms. The average molecular weight is 401 g/mol. The van der Waals surface area contributed by atoms with Crippen molar-refractivity contribution in [1.82, 2.24) is 9.88 Å². The number of rotatable bonds is 6. The number of hydrogen-bond donors (Lipinski definition) is 2. The number of anilines is 1. The maximum atomic E-state index is 15.2. The number of fused-ring (bicyclic) bond motifs is 1. The molecule has 0 radical (unpaired) electrons. The average Bonchev–Trinajstić information content (AvgIpc) is 3.61. The van der Waals surface area contributed by atoms with Crippen LogP contribution >= 0.6 is 0 Å². The van der Waals surface area contributed by atoms with Gasteiger partial charge in [-0.25, -0.2) is 9.18 Å². The highest BCUT2D eigenvalue weighted by Gasteiger charge is 2.34. The number of halogens is 1. The van der Waals surface area contributed by atoms with Gasteiger partial charge in [0, 0.05) is 37.4 Å². The molecule has 0 amide bonds. The van der Waals surface area contributed by atoms with Crippen LogP contribution in [-0.2, 0) is 0 Å². The van der Waals surface area contributed by atoms with E-state index in [2.05, 4.69) is 5.32 Å². The summed E-state index contributed by atoms with van der Waals surface area (Å²) in [5.41, 5.74) is -0.173. The minimum atomic E-state index is -1.30. The van der Waals surface area contributed by atoms with Crippen molar-refractivity contribution < 1.29 is 19.0 Å². The van der Waals surface area contributed by atoms with Gasteiger partial charge in [0.2, 0.25) is 5.43 Å². The fourth-order valence-corrected chi connectivity index (χ4v) is 4.41. The second kappa shape index (κ2) is 6.73. The minimum Gasteiger partial charge on any atom is -0.492 e. The van der Waals surface area contributed by atoms with Crippen LogP contribution in [-0.4, -0.2) is 47.9 Å². The molecule has 154 valence electrons. The minimum absolute atomic E-state index is 0.0572. The van der Waals surface area contributed by atoms with Gasteiger partial charge in [0.15, 0.2) is 11.6 Å². The Hall–Kier alpha value is -2.61. The van der Waals surface area contributed by atoms with Crippen LogP contribution in [0.1, 0.15) is 48.5 Å². The number of aromatic nitrogens is 1. The van der Waals surface area contributed by atoms with E-state index in [0.29, 0.717) is 42.1 Å². The summed E-state index contributed by atoms with van der Waals surface area (Å²) in [4.78, 5) is 26.3. The molecule has 1 aromatic carbocycles. The van der Waals surface area contributed by atoms with E-state index in [0.717, 1.165) is 19.3 Å². The third kappa shape index (κ3) is 3.15. The van der Waals surface area contributed by atoms with Crippen molar-refractivity contribution in [3.05, 3.63) is 33.9 Å². The number of ether oxygens (including phenoxy) is 1. The number of methoxy groups -OCH3 is 1. The van der Waals surface area contributed by atoms with Crippen molar-refractivity contribution in [2.45, 2.75) is 50.2 Å². The first-order valence-corrected chi connectivity index (χ1v) is 10.2. The van der Waals surface area contributed by atoms with E-state index < -0.39 is 17.2 Å². The molecule has 2 heterocycles. The van der Waals surface area contributed by atoms with Crippen LogP contribution in [0.3, 0.4) is 0 Å². The molecule has 8 heteroatoms. The van der Waals surface area contributed by atoms with Crippen LogP contribution in [0.4, 0.5) is 10.1 Å². The molecule has 1 atom stereocenters. The molecule has 1 saturated heterocycles. The molecular formula is C21H24FN3O4. The highest BCUT2D eigenvalue weighted by Crippen LogP contribution is 2.44. The van der Waals surface area contributed by atoms with Crippen LogP contribution in [0.25, 0.3) is 10.9 Å². The van der Waals surface area contributed by atoms with Crippen molar-refractivity contribution in [2.75, 3.05) is 25.1 Å². The monoisotopic (exact) mass is 401 g/mol. The molecule has 2 aromatic rings. The second-order valence-corrected chi connectivity index (χ2v) is 8.32. The molecule has 0 bridgehead atoms. The third-order valence-corrected chi connectivity index (χ3v) is 6.13. The van der Waals surface area contributed by atoms with Crippen molar-refractivity contribution in [1.29, 1.82) is 0 Å². The van der Waals surface area contributed by atoms with E-state index in [1.807, 2.05) is 4.90 Å². The Labute approximate surface area is 167 Å². The Kier molecular flexibility index (Phi) is 4.27. The molecule has 2 aliphatic carbocycles. The summed E-state index contributed by atoms with van der Waals surface area (Å²) in [6, 6.07) is 2.18. The first-order chi connectivity index (χ1) is 14.0. The number of carboxylic acids is 1. The van der Waals surface area contributed by atoms with Crippen molar-refractivity contribution in [3.8, 4) is 5.75 Å². The van der Waals surface area contributed by atoms with Crippen molar-refractivity contribution >= 4 is 22.6 Å². The van der Waals surface area contributed by atoms with E-state index in [-0.39, 0.29) is 17.0 Å². The smallest absolute Gasteiger partial charge is 0.341 e. The molecular weight excluding hydrogens is 377 g/mol. The number of pyridine rings is 1. The van der Waals surface area contributed by atoms with Gasteiger partial charge < -0.3 is 24.6 Å². The van der Waals surface area contributed by atoms with Crippen molar-refractivity contribution in [2.24, 2.45) is 0 Å². The number of benzene rings is 1. The standard InChI is InChI=1S/C21H24FN3O4/c1-29-20-17-14(19(26)15(21(27)28)10-25(17)13-4-5-13)8-16(22)18(20)24-7-6-12(9-24)23-11-2-3-11/h8,10-13,23H,2-7,9H2,1H3,(H,27,28). The predicted molar refractivity (Wildman–Crippen MR) is 107 cm³/mol. The normalized spacial score (nSPS) is 21.7. The molecule has 2 saturated carbocycles. The molecule has 29 heavy (non-hydrogen) atoms. The summed E-state index contributed by atoms with van der Waals surface area (Å²) < 4.78 is 22.7.